The molecule has 1 atom stereocenters. The van der Waals surface area contributed by atoms with Gasteiger partial charge in [0.05, 0.1) is 3.79 Å². The maximum Gasteiger partial charge on any atom is 0.0731 e. The van der Waals surface area contributed by atoms with Crippen LogP contribution in [0.3, 0.4) is 0 Å². The highest BCUT2D eigenvalue weighted by Gasteiger charge is 2.12. The Morgan fingerprint density at radius 3 is 2.44 bits per heavy atom. The third kappa shape index (κ3) is 5.41. The van der Waals surface area contributed by atoms with Gasteiger partial charge in [0.2, 0.25) is 0 Å². The summed E-state index contributed by atoms with van der Waals surface area (Å²) >= 11 is 5.49. The Kier molecular flexibility index (Phi) is 8.20. The molecule has 0 bridgehead atoms. The van der Waals surface area contributed by atoms with Crippen molar-refractivity contribution in [2.24, 2.45) is 0 Å². The number of halogens is 1. The van der Waals surface area contributed by atoms with E-state index in [0.717, 1.165) is 0 Å². The molecule has 1 aromatic rings. The van der Waals surface area contributed by atoms with E-state index in [1.165, 1.54) is 59.2 Å². The quantitative estimate of drug-likeness (QED) is 0.561. The van der Waals surface area contributed by atoms with E-state index in [2.05, 4.69) is 48.2 Å². The summed E-state index contributed by atoms with van der Waals surface area (Å²) in [5.41, 5.74) is 1.36. The first-order valence-electron chi connectivity index (χ1n) is 7.12. The average Bonchev–Trinajstić information content (AvgIpc) is 2.69. The first-order chi connectivity index (χ1) is 8.69. The minimum absolute atomic E-state index is 0.533. The summed E-state index contributed by atoms with van der Waals surface area (Å²) in [6.45, 7) is 4.44. The van der Waals surface area contributed by atoms with Crippen LogP contribution in [0.25, 0.3) is 0 Å². The molecule has 0 aliphatic carbocycles. The van der Waals surface area contributed by atoms with Gasteiger partial charge in [0.15, 0.2) is 0 Å². The predicted octanol–water partition coefficient (Wildman–Crippen LogP) is 5.83. The van der Waals surface area contributed by atoms with Crippen molar-refractivity contribution in [1.82, 2.24) is 5.32 Å². The number of rotatable bonds is 9. The van der Waals surface area contributed by atoms with Crippen molar-refractivity contribution in [3.63, 3.8) is 0 Å². The maximum atomic E-state index is 3.61. The molecule has 0 aliphatic heterocycles. The summed E-state index contributed by atoms with van der Waals surface area (Å²) in [5.74, 6) is 0. The highest BCUT2D eigenvalue weighted by Crippen LogP contribution is 2.33. The van der Waals surface area contributed by atoms with Crippen LogP contribution in [-0.4, -0.2) is 7.05 Å². The first-order valence-corrected chi connectivity index (χ1v) is 8.73. The van der Waals surface area contributed by atoms with E-state index in [1.807, 2.05) is 11.3 Å². The van der Waals surface area contributed by atoms with Crippen molar-refractivity contribution < 1.29 is 0 Å². The molecule has 0 aliphatic rings. The van der Waals surface area contributed by atoms with Crippen molar-refractivity contribution in [3.8, 4) is 0 Å². The summed E-state index contributed by atoms with van der Waals surface area (Å²) in [7, 11) is 2.07. The van der Waals surface area contributed by atoms with E-state index in [9.17, 15) is 0 Å². The first kappa shape index (κ1) is 16.2. The van der Waals surface area contributed by atoms with Gasteiger partial charge in [-0.15, -0.1) is 11.3 Å². The molecule has 1 aromatic heterocycles. The smallest absolute Gasteiger partial charge is 0.0731 e. The second-order valence-corrected chi connectivity index (χ2v) is 7.40. The van der Waals surface area contributed by atoms with E-state index in [4.69, 9.17) is 0 Å². The van der Waals surface area contributed by atoms with E-state index in [1.54, 1.807) is 0 Å². The lowest BCUT2D eigenvalue weighted by molar-refractivity contribution is 0.503. The van der Waals surface area contributed by atoms with Crippen molar-refractivity contribution in [2.75, 3.05) is 7.05 Å². The van der Waals surface area contributed by atoms with Gasteiger partial charge < -0.3 is 5.32 Å². The number of hydrogen-bond acceptors (Lipinski definition) is 2. The van der Waals surface area contributed by atoms with Crippen LogP contribution in [-0.2, 0) is 0 Å². The molecule has 0 spiro atoms. The highest BCUT2D eigenvalue weighted by molar-refractivity contribution is 9.11. The summed E-state index contributed by atoms with van der Waals surface area (Å²) in [4.78, 5) is 1.47. The Balaban J connectivity index is 2.29. The molecule has 0 amide bonds. The fraction of sp³-hybridized carbons (Fsp3) is 0.733. The maximum absolute atomic E-state index is 3.61. The molecule has 104 valence electrons. The van der Waals surface area contributed by atoms with Gasteiger partial charge in [0.1, 0.15) is 0 Å². The van der Waals surface area contributed by atoms with Gasteiger partial charge in [-0.1, -0.05) is 45.4 Å². The molecule has 0 saturated heterocycles. The topological polar surface area (TPSA) is 12.0 Å². The van der Waals surface area contributed by atoms with Gasteiger partial charge in [0.25, 0.3) is 0 Å². The van der Waals surface area contributed by atoms with Crippen LogP contribution >= 0.6 is 27.3 Å². The van der Waals surface area contributed by atoms with Gasteiger partial charge in [-0.05, 0) is 48.0 Å². The zero-order valence-electron chi connectivity index (χ0n) is 11.9. The van der Waals surface area contributed by atoms with Gasteiger partial charge in [0, 0.05) is 10.9 Å². The predicted molar refractivity (Wildman–Crippen MR) is 86.5 cm³/mol. The Hall–Kier alpha value is 0.140. The third-order valence-electron chi connectivity index (χ3n) is 3.41. The summed E-state index contributed by atoms with van der Waals surface area (Å²) in [6, 6.07) is 2.85. The molecule has 1 unspecified atom stereocenters. The number of unbranched alkanes of at least 4 members (excludes halogenated alkanes) is 5. The molecule has 18 heavy (non-hydrogen) atoms. The number of aryl methyl sites for hydroxylation is 1. The van der Waals surface area contributed by atoms with Crippen molar-refractivity contribution in [2.45, 2.75) is 64.8 Å². The minimum atomic E-state index is 0.533. The Morgan fingerprint density at radius 1 is 1.22 bits per heavy atom. The van der Waals surface area contributed by atoms with E-state index < -0.39 is 0 Å². The van der Waals surface area contributed by atoms with Crippen LogP contribution in [0.2, 0.25) is 0 Å². The van der Waals surface area contributed by atoms with Gasteiger partial charge in [-0.3, -0.25) is 0 Å². The molecular weight excluding hydrogens is 306 g/mol. The molecule has 1 heterocycles. The monoisotopic (exact) mass is 331 g/mol. The molecule has 0 saturated carbocycles. The fourth-order valence-corrected chi connectivity index (χ4v) is 3.93. The van der Waals surface area contributed by atoms with Gasteiger partial charge in [-0.25, -0.2) is 0 Å². The summed E-state index contributed by atoms with van der Waals surface area (Å²) in [5, 5.41) is 3.45. The fourth-order valence-electron chi connectivity index (χ4n) is 2.21. The zero-order valence-corrected chi connectivity index (χ0v) is 14.3. The van der Waals surface area contributed by atoms with Crippen molar-refractivity contribution >= 4 is 27.3 Å². The minimum Gasteiger partial charge on any atom is -0.312 e. The Labute approximate surface area is 125 Å². The zero-order chi connectivity index (χ0) is 13.4. The summed E-state index contributed by atoms with van der Waals surface area (Å²) < 4.78 is 1.28. The van der Waals surface area contributed by atoms with Crippen LogP contribution in [0, 0.1) is 6.92 Å². The van der Waals surface area contributed by atoms with E-state index in [-0.39, 0.29) is 0 Å². The van der Waals surface area contributed by atoms with Crippen LogP contribution < -0.4 is 5.32 Å². The third-order valence-corrected chi connectivity index (χ3v) is 5.66. The SMILES string of the molecule is CCCCCCCCC(NC)c1cc(C)c(Br)s1. The molecule has 3 heteroatoms. The van der Waals surface area contributed by atoms with E-state index >= 15 is 0 Å². The molecule has 0 radical (unpaired) electrons. The largest absolute Gasteiger partial charge is 0.312 e. The van der Waals surface area contributed by atoms with Crippen molar-refractivity contribution in [1.29, 1.82) is 0 Å². The van der Waals surface area contributed by atoms with Gasteiger partial charge >= 0.3 is 0 Å². The number of hydrogen-bond donors (Lipinski definition) is 1. The van der Waals surface area contributed by atoms with Crippen LogP contribution in [0.5, 0.6) is 0 Å². The standard InChI is InChI=1S/C15H26BrNS/c1-4-5-6-7-8-9-10-13(17-3)14-11-12(2)15(16)18-14/h11,13,17H,4-10H2,1-3H3. The Morgan fingerprint density at radius 2 is 1.89 bits per heavy atom. The lowest BCUT2D eigenvalue weighted by atomic mass is 10.0. The van der Waals surface area contributed by atoms with Crippen molar-refractivity contribution in [3.05, 3.63) is 20.3 Å². The number of nitrogens with one attached hydrogen (secondary N) is 1. The lowest BCUT2D eigenvalue weighted by Gasteiger charge is -2.14. The second kappa shape index (κ2) is 9.11. The second-order valence-electron chi connectivity index (χ2n) is 5.00. The highest BCUT2D eigenvalue weighted by atomic mass is 79.9. The average molecular weight is 332 g/mol. The lowest BCUT2D eigenvalue weighted by Crippen LogP contribution is -2.14. The molecule has 0 aromatic carbocycles. The molecule has 0 fully saturated rings. The van der Waals surface area contributed by atoms with Gasteiger partial charge in [-0.2, -0.15) is 0 Å². The summed E-state index contributed by atoms with van der Waals surface area (Å²) in [6.07, 6.45) is 9.51. The molecule has 1 rings (SSSR count). The van der Waals surface area contributed by atoms with E-state index in [0.29, 0.717) is 6.04 Å². The van der Waals surface area contributed by atoms with Crippen LogP contribution in [0.15, 0.2) is 9.85 Å². The van der Waals surface area contributed by atoms with Crippen LogP contribution in [0.4, 0.5) is 0 Å². The Bertz CT molecular complexity index is 316. The molecule has 1 N–H and O–H groups in total. The number of thiophene rings is 1. The normalized spacial score (nSPS) is 12.9. The molecular formula is C15H26BrNS. The molecule has 1 nitrogen and oxygen atoms in total. The van der Waals surface area contributed by atoms with Crippen LogP contribution in [0.1, 0.15) is 68.4 Å².